The molecule has 1 aliphatic carbocycles. The van der Waals surface area contributed by atoms with Crippen molar-refractivity contribution in [1.82, 2.24) is 10.3 Å². The lowest BCUT2D eigenvalue weighted by Gasteiger charge is -2.07. The molecule has 0 spiro atoms. The molecule has 1 heterocycles. The van der Waals surface area contributed by atoms with Gasteiger partial charge in [-0.25, -0.2) is 9.37 Å². The van der Waals surface area contributed by atoms with Crippen molar-refractivity contribution in [3.63, 3.8) is 0 Å². The molecular formula is C22H22FN3O2S. The number of amides is 1. The molecule has 1 aromatic heterocycles. The largest absolute Gasteiger partial charge is 0.375 e. The molecule has 0 fully saturated rings. The second-order valence-electron chi connectivity index (χ2n) is 6.98. The van der Waals surface area contributed by atoms with Crippen LogP contribution >= 0.6 is 11.3 Å². The fourth-order valence-electron chi connectivity index (χ4n) is 3.42. The summed E-state index contributed by atoms with van der Waals surface area (Å²) in [7, 11) is 1.49. The van der Waals surface area contributed by atoms with Crippen LogP contribution in [0, 0.1) is 5.82 Å². The summed E-state index contributed by atoms with van der Waals surface area (Å²) in [5.41, 5.74) is 4.87. The second-order valence-corrected chi connectivity index (χ2v) is 8.06. The first-order chi connectivity index (χ1) is 14.1. The number of nitrogens with one attached hydrogen (secondary N) is 2. The number of methoxy groups -OCH3 is 1. The van der Waals surface area contributed by atoms with Gasteiger partial charge in [-0.3, -0.25) is 4.79 Å². The third-order valence-electron chi connectivity index (χ3n) is 4.84. The van der Waals surface area contributed by atoms with Gasteiger partial charge in [0.15, 0.2) is 5.13 Å². The number of hydrogen-bond donors (Lipinski definition) is 2. The summed E-state index contributed by atoms with van der Waals surface area (Å²) in [5, 5.41) is 6.94. The van der Waals surface area contributed by atoms with Crippen molar-refractivity contribution in [2.45, 2.75) is 25.8 Å². The molecule has 0 saturated carbocycles. The molecule has 0 aliphatic heterocycles. The molecule has 0 unspecified atom stereocenters. The first-order valence-electron chi connectivity index (χ1n) is 9.52. The van der Waals surface area contributed by atoms with Crippen LogP contribution < -0.4 is 10.6 Å². The molecule has 5 nitrogen and oxygen atoms in total. The molecular weight excluding hydrogens is 389 g/mol. The van der Waals surface area contributed by atoms with E-state index in [2.05, 4.69) is 10.6 Å². The van der Waals surface area contributed by atoms with E-state index < -0.39 is 0 Å². The van der Waals surface area contributed by atoms with Gasteiger partial charge in [-0.2, -0.15) is 0 Å². The second kappa shape index (κ2) is 8.71. The van der Waals surface area contributed by atoms with Crippen LogP contribution in [0.15, 0.2) is 42.5 Å². The molecule has 1 amide bonds. The van der Waals surface area contributed by atoms with Gasteiger partial charge in [0.05, 0.1) is 5.69 Å². The summed E-state index contributed by atoms with van der Waals surface area (Å²) < 4.78 is 18.6. The Hall–Kier alpha value is -2.77. The summed E-state index contributed by atoms with van der Waals surface area (Å²) in [4.78, 5) is 17.4. The molecule has 0 saturated heterocycles. The Morgan fingerprint density at radius 2 is 2.03 bits per heavy atom. The van der Waals surface area contributed by atoms with Gasteiger partial charge < -0.3 is 15.4 Å². The minimum atomic E-state index is -0.229. The van der Waals surface area contributed by atoms with Gasteiger partial charge in [0, 0.05) is 29.8 Å². The van der Waals surface area contributed by atoms with Gasteiger partial charge in [0.25, 0.3) is 0 Å². The fourth-order valence-corrected chi connectivity index (χ4v) is 4.46. The number of nitrogens with zero attached hydrogens (tertiary/aromatic N) is 1. The van der Waals surface area contributed by atoms with Gasteiger partial charge in [-0.05, 0) is 54.7 Å². The van der Waals surface area contributed by atoms with Crippen LogP contribution in [0.4, 0.5) is 15.2 Å². The number of anilines is 2. The van der Waals surface area contributed by atoms with Crippen molar-refractivity contribution >= 4 is 28.1 Å². The van der Waals surface area contributed by atoms with E-state index in [1.807, 2.05) is 30.3 Å². The number of carbonyl (C=O) groups is 1. The summed E-state index contributed by atoms with van der Waals surface area (Å²) in [6.07, 6.45) is 2.94. The average molecular weight is 412 g/mol. The standard InChI is InChI=1S/C22H22FN3O2S/c1-28-13-20(27)24-12-14-5-9-17(10-6-14)25-22-26-21-18-11-16(23)8-7-15(18)3-2-4-19(21)29-22/h5-11H,2-4,12-13H2,1H3,(H,24,27)(H,25,26). The number of hydrogen-bond acceptors (Lipinski definition) is 5. The highest BCUT2D eigenvalue weighted by Gasteiger charge is 2.20. The maximum atomic E-state index is 13.8. The first kappa shape index (κ1) is 19.5. The summed E-state index contributed by atoms with van der Waals surface area (Å²) in [5.74, 6) is -0.372. The van der Waals surface area contributed by atoms with Crippen molar-refractivity contribution in [3.05, 3.63) is 64.3 Å². The van der Waals surface area contributed by atoms with Gasteiger partial charge in [-0.1, -0.05) is 18.2 Å². The number of thiazole rings is 1. The van der Waals surface area contributed by atoms with E-state index in [0.717, 1.165) is 52.5 Å². The van der Waals surface area contributed by atoms with Crippen molar-refractivity contribution < 1.29 is 13.9 Å². The molecule has 4 rings (SSSR count). The van der Waals surface area contributed by atoms with Gasteiger partial charge in [0.2, 0.25) is 5.91 Å². The number of halogens is 1. The van der Waals surface area contributed by atoms with Gasteiger partial charge in [-0.15, -0.1) is 11.3 Å². The van der Waals surface area contributed by atoms with Gasteiger partial charge in [0.1, 0.15) is 12.4 Å². The van der Waals surface area contributed by atoms with Crippen LogP contribution in [0.5, 0.6) is 0 Å². The average Bonchev–Trinajstić information content (AvgIpc) is 3.03. The zero-order valence-electron chi connectivity index (χ0n) is 16.1. The lowest BCUT2D eigenvalue weighted by Crippen LogP contribution is -2.26. The van der Waals surface area contributed by atoms with Crippen molar-refractivity contribution in [1.29, 1.82) is 0 Å². The Morgan fingerprint density at radius 1 is 1.21 bits per heavy atom. The Labute approximate surface area is 172 Å². The maximum Gasteiger partial charge on any atom is 0.246 e. The van der Waals surface area contributed by atoms with Crippen LogP contribution in [0.25, 0.3) is 11.3 Å². The predicted molar refractivity (Wildman–Crippen MR) is 113 cm³/mol. The minimum Gasteiger partial charge on any atom is -0.375 e. The summed E-state index contributed by atoms with van der Waals surface area (Å²) in [6, 6.07) is 12.8. The summed E-state index contributed by atoms with van der Waals surface area (Å²) >= 11 is 1.62. The van der Waals surface area contributed by atoms with E-state index in [-0.39, 0.29) is 18.3 Å². The fraction of sp³-hybridized carbons (Fsp3) is 0.273. The Morgan fingerprint density at radius 3 is 2.83 bits per heavy atom. The lowest BCUT2D eigenvalue weighted by atomic mass is 10.0. The van der Waals surface area contributed by atoms with Crippen LogP contribution in [-0.2, 0) is 28.9 Å². The van der Waals surface area contributed by atoms with Crippen LogP contribution in [0.1, 0.15) is 22.4 Å². The first-order valence-corrected chi connectivity index (χ1v) is 10.3. The maximum absolute atomic E-state index is 13.8. The molecule has 0 atom stereocenters. The van der Waals surface area contributed by atoms with Crippen LogP contribution in [0.3, 0.4) is 0 Å². The molecule has 1 aliphatic rings. The monoisotopic (exact) mass is 411 g/mol. The zero-order valence-corrected chi connectivity index (χ0v) is 16.9. The van der Waals surface area contributed by atoms with Crippen LogP contribution in [-0.4, -0.2) is 24.6 Å². The number of aryl methyl sites for hydroxylation is 2. The van der Waals surface area contributed by atoms with Crippen molar-refractivity contribution in [2.24, 2.45) is 0 Å². The molecule has 150 valence electrons. The highest BCUT2D eigenvalue weighted by molar-refractivity contribution is 7.16. The predicted octanol–water partition coefficient (Wildman–Crippen LogP) is 4.44. The number of benzene rings is 2. The molecule has 7 heteroatoms. The Balaban J connectivity index is 1.48. The highest BCUT2D eigenvalue weighted by Crippen LogP contribution is 2.38. The molecule has 3 aromatic rings. The van der Waals surface area contributed by atoms with E-state index in [4.69, 9.17) is 9.72 Å². The van der Waals surface area contributed by atoms with Crippen molar-refractivity contribution in [3.8, 4) is 11.3 Å². The van der Waals surface area contributed by atoms with E-state index in [1.165, 1.54) is 18.1 Å². The summed E-state index contributed by atoms with van der Waals surface area (Å²) in [6.45, 7) is 0.512. The number of ether oxygens (including phenoxy) is 1. The van der Waals surface area contributed by atoms with E-state index in [0.29, 0.717) is 6.54 Å². The number of fused-ring (bicyclic) bond motifs is 3. The molecule has 2 aromatic carbocycles. The smallest absolute Gasteiger partial charge is 0.246 e. The van der Waals surface area contributed by atoms with E-state index in [1.54, 1.807) is 17.4 Å². The normalized spacial score (nSPS) is 12.6. The minimum absolute atomic E-state index is 0.0569. The molecule has 0 bridgehead atoms. The lowest BCUT2D eigenvalue weighted by molar-refractivity contribution is -0.124. The third-order valence-corrected chi connectivity index (χ3v) is 5.88. The zero-order chi connectivity index (χ0) is 20.2. The van der Waals surface area contributed by atoms with Crippen LogP contribution in [0.2, 0.25) is 0 Å². The number of carbonyl (C=O) groups excluding carboxylic acids is 1. The molecule has 0 radical (unpaired) electrons. The topological polar surface area (TPSA) is 63.2 Å². The van der Waals surface area contributed by atoms with E-state index in [9.17, 15) is 9.18 Å². The van der Waals surface area contributed by atoms with Gasteiger partial charge >= 0.3 is 0 Å². The Kier molecular flexibility index (Phi) is 5.87. The number of aromatic nitrogens is 1. The number of rotatable bonds is 6. The molecule has 29 heavy (non-hydrogen) atoms. The third kappa shape index (κ3) is 4.63. The SMILES string of the molecule is COCC(=O)NCc1ccc(Nc2nc3c(s2)CCCc2ccc(F)cc2-3)cc1. The van der Waals surface area contributed by atoms with Crippen molar-refractivity contribution in [2.75, 3.05) is 19.0 Å². The Bertz CT molecular complexity index is 1020. The van der Waals surface area contributed by atoms with E-state index >= 15 is 0 Å². The highest BCUT2D eigenvalue weighted by atomic mass is 32.1. The molecule has 2 N–H and O–H groups in total. The quantitative estimate of drug-likeness (QED) is 0.629.